The summed E-state index contributed by atoms with van der Waals surface area (Å²) in [5.41, 5.74) is 2.87. The zero-order valence-corrected chi connectivity index (χ0v) is 18.2. The topological polar surface area (TPSA) is 75.3 Å². The maximum absolute atomic E-state index is 12.9. The molecule has 2 rings (SSSR count). The van der Waals surface area contributed by atoms with E-state index in [0.29, 0.717) is 36.9 Å². The van der Waals surface area contributed by atoms with Gasteiger partial charge < -0.3 is 10.6 Å². The van der Waals surface area contributed by atoms with Gasteiger partial charge in [0, 0.05) is 17.7 Å². The average Bonchev–Trinajstić information content (AvgIpc) is 2.55. The van der Waals surface area contributed by atoms with Gasteiger partial charge in [-0.05, 0) is 55.3 Å². The summed E-state index contributed by atoms with van der Waals surface area (Å²) in [7, 11) is -3.51. The van der Waals surface area contributed by atoms with E-state index in [-0.39, 0.29) is 12.4 Å². The zero-order chi connectivity index (χ0) is 18.7. The fourth-order valence-corrected chi connectivity index (χ4v) is 5.22. The molecular weight excluding hydrogens is 392 g/mol. The van der Waals surface area contributed by atoms with E-state index in [4.69, 9.17) is 0 Å². The number of hydrogen-bond acceptors (Lipinski definition) is 5. The molecule has 1 aliphatic heterocycles. The molecular formula is C18H29ClN2O3S2. The van der Waals surface area contributed by atoms with Gasteiger partial charge in [0.2, 0.25) is 5.91 Å². The molecule has 0 aromatic heterocycles. The molecule has 2 N–H and O–H groups in total. The van der Waals surface area contributed by atoms with Crippen LogP contribution in [-0.2, 0) is 20.4 Å². The Bertz CT molecular complexity index is 730. The van der Waals surface area contributed by atoms with Gasteiger partial charge in [-0.25, -0.2) is 8.42 Å². The number of nitrogens with one attached hydrogen (secondary N) is 2. The van der Waals surface area contributed by atoms with Gasteiger partial charge in [-0.2, -0.15) is 11.8 Å². The first-order valence-electron chi connectivity index (χ1n) is 8.59. The molecule has 1 aromatic carbocycles. The number of benzene rings is 1. The third-order valence-electron chi connectivity index (χ3n) is 4.80. The highest BCUT2D eigenvalue weighted by Crippen LogP contribution is 2.31. The smallest absolute Gasteiger partial charge is 0.245 e. The van der Waals surface area contributed by atoms with E-state index in [0.717, 1.165) is 16.9 Å². The minimum absolute atomic E-state index is 0. The summed E-state index contributed by atoms with van der Waals surface area (Å²) in [6, 6.07) is 5.80. The summed E-state index contributed by atoms with van der Waals surface area (Å²) in [6.45, 7) is 7.34. The van der Waals surface area contributed by atoms with Gasteiger partial charge in [0.05, 0.1) is 0 Å². The van der Waals surface area contributed by atoms with E-state index in [1.165, 1.54) is 6.26 Å². The Morgan fingerprint density at radius 2 is 1.92 bits per heavy atom. The van der Waals surface area contributed by atoms with Gasteiger partial charge in [0.25, 0.3) is 0 Å². The highest BCUT2D eigenvalue weighted by molar-refractivity contribution is 7.99. The normalized spacial score (nSPS) is 16.8. The van der Waals surface area contributed by atoms with Gasteiger partial charge in [0.1, 0.15) is 0 Å². The fourth-order valence-electron chi connectivity index (χ4n) is 3.06. The molecule has 5 nitrogen and oxygen atoms in total. The number of rotatable bonds is 6. The minimum atomic E-state index is -3.51. The number of anilines is 1. The molecule has 0 aliphatic carbocycles. The second-order valence-corrected chi connectivity index (χ2v) is 10.8. The number of amides is 1. The molecule has 0 bridgehead atoms. The van der Waals surface area contributed by atoms with Gasteiger partial charge >= 0.3 is 0 Å². The lowest BCUT2D eigenvalue weighted by molar-refractivity contribution is -0.119. The van der Waals surface area contributed by atoms with Crippen molar-refractivity contribution in [1.29, 1.82) is 0 Å². The number of carbonyl (C=O) groups is 1. The van der Waals surface area contributed by atoms with Crippen LogP contribution in [0.3, 0.4) is 0 Å². The van der Waals surface area contributed by atoms with E-state index in [1.54, 1.807) is 0 Å². The van der Waals surface area contributed by atoms with Crippen LogP contribution in [0.25, 0.3) is 0 Å². The number of carbonyl (C=O) groups excluding carboxylic acids is 1. The Balaban J connectivity index is 0.00000338. The molecule has 0 atom stereocenters. The lowest BCUT2D eigenvalue weighted by Gasteiger charge is -2.34. The maximum Gasteiger partial charge on any atom is 0.245 e. The van der Waals surface area contributed by atoms with Crippen molar-refractivity contribution < 1.29 is 13.2 Å². The van der Waals surface area contributed by atoms with E-state index in [2.05, 4.69) is 30.5 Å². The van der Waals surface area contributed by atoms with Crippen LogP contribution in [0.4, 0.5) is 5.69 Å². The Kier molecular flexibility index (Phi) is 8.45. The first kappa shape index (κ1) is 23.3. The Morgan fingerprint density at radius 3 is 2.46 bits per heavy atom. The summed E-state index contributed by atoms with van der Waals surface area (Å²) in [5, 5.41) is 6.56. The molecule has 1 aromatic rings. The summed E-state index contributed by atoms with van der Waals surface area (Å²) < 4.78 is 23.4. The monoisotopic (exact) mass is 420 g/mol. The lowest BCUT2D eigenvalue weighted by atomic mass is 9.95. The standard InChI is InChI=1S/C18H28N2O3S2.ClH/c1-13(2)24-12-15-6-5-7-16(14(15)3)20-17(21)18(25(4,22)23)8-10-19-11-9-18;/h5-7,13,19H,8-12H2,1-4H3,(H,20,21);1H. The molecule has 0 radical (unpaired) electrons. The first-order valence-corrected chi connectivity index (χ1v) is 11.5. The van der Waals surface area contributed by atoms with Gasteiger partial charge in [-0.3, -0.25) is 4.79 Å². The Labute approximate surface area is 167 Å². The van der Waals surface area contributed by atoms with Crippen molar-refractivity contribution in [1.82, 2.24) is 5.32 Å². The summed E-state index contributed by atoms with van der Waals surface area (Å²) in [4.78, 5) is 12.9. The van der Waals surface area contributed by atoms with Crippen LogP contribution in [0.5, 0.6) is 0 Å². The van der Waals surface area contributed by atoms with Crippen LogP contribution in [0.1, 0.15) is 37.8 Å². The molecule has 1 aliphatic rings. The fraction of sp³-hybridized carbons (Fsp3) is 0.611. The van der Waals surface area contributed by atoms with Crippen LogP contribution >= 0.6 is 24.2 Å². The van der Waals surface area contributed by atoms with E-state index in [9.17, 15) is 13.2 Å². The summed E-state index contributed by atoms with van der Waals surface area (Å²) >= 11 is 1.84. The third kappa shape index (κ3) is 5.15. The van der Waals surface area contributed by atoms with Gasteiger partial charge in [-0.15, -0.1) is 12.4 Å². The van der Waals surface area contributed by atoms with Crippen molar-refractivity contribution in [2.45, 2.75) is 49.4 Å². The quantitative estimate of drug-likeness (QED) is 0.739. The van der Waals surface area contributed by atoms with Crippen molar-refractivity contribution in [2.24, 2.45) is 0 Å². The van der Waals surface area contributed by atoms with Crippen LogP contribution < -0.4 is 10.6 Å². The number of hydrogen-bond donors (Lipinski definition) is 2. The van der Waals surface area contributed by atoms with E-state index < -0.39 is 20.5 Å². The molecule has 148 valence electrons. The molecule has 26 heavy (non-hydrogen) atoms. The van der Waals surface area contributed by atoms with E-state index >= 15 is 0 Å². The third-order valence-corrected chi connectivity index (χ3v) is 7.96. The second kappa shape index (κ2) is 9.44. The number of sulfone groups is 1. The van der Waals surface area contributed by atoms with Crippen LogP contribution in [-0.4, -0.2) is 43.7 Å². The first-order chi connectivity index (χ1) is 11.7. The van der Waals surface area contributed by atoms with Crippen molar-refractivity contribution in [3.8, 4) is 0 Å². The molecule has 8 heteroatoms. The lowest BCUT2D eigenvalue weighted by Crippen LogP contribution is -2.55. The Morgan fingerprint density at radius 1 is 1.31 bits per heavy atom. The maximum atomic E-state index is 12.9. The zero-order valence-electron chi connectivity index (χ0n) is 15.8. The second-order valence-electron chi connectivity index (χ2n) is 6.92. The molecule has 1 fully saturated rings. The van der Waals surface area contributed by atoms with Gasteiger partial charge in [0.15, 0.2) is 14.6 Å². The van der Waals surface area contributed by atoms with Crippen molar-refractivity contribution >= 4 is 45.6 Å². The molecule has 1 amide bonds. The van der Waals surface area contributed by atoms with Crippen molar-refractivity contribution in [2.75, 3.05) is 24.7 Å². The van der Waals surface area contributed by atoms with Crippen LogP contribution in [0, 0.1) is 6.92 Å². The highest BCUT2D eigenvalue weighted by atomic mass is 35.5. The van der Waals surface area contributed by atoms with E-state index in [1.807, 2.05) is 30.8 Å². The van der Waals surface area contributed by atoms with Gasteiger partial charge in [-0.1, -0.05) is 26.0 Å². The summed E-state index contributed by atoms with van der Waals surface area (Å²) in [5.74, 6) is 0.460. The highest BCUT2D eigenvalue weighted by Gasteiger charge is 2.48. The molecule has 1 saturated heterocycles. The van der Waals surface area contributed by atoms with Crippen LogP contribution in [0.15, 0.2) is 18.2 Å². The Hall–Kier alpha value is -0.760. The van der Waals surface area contributed by atoms with Crippen molar-refractivity contribution in [3.05, 3.63) is 29.3 Å². The SMILES string of the molecule is Cc1c(CSC(C)C)cccc1NC(=O)C1(S(C)(=O)=O)CCNCC1.Cl. The minimum Gasteiger partial charge on any atom is -0.324 e. The molecule has 0 spiro atoms. The molecule has 0 saturated carbocycles. The predicted octanol–water partition coefficient (Wildman–Crippen LogP) is 3.16. The number of halogens is 1. The number of thioether (sulfide) groups is 1. The molecule has 0 unspecified atom stereocenters. The van der Waals surface area contributed by atoms with Crippen molar-refractivity contribution in [3.63, 3.8) is 0 Å². The molecule has 1 heterocycles. The largest absolute Gasteiger partial charge is 0.324 e. The summed E-state index contributed by atoms with van der Waals surface area (Å²) in [6.07, 6.45) is 1.78. The van der Waals surface area contributed by atoms with Crippen LogP contribution in [0.2, 0.25) is 0 Å². The predicted molar refractivity (Wildman–Crippen MR) is 113 cm³/mol. The number of piperidine rings is 1. The average molecular weight is 421 g/mol.